The van der Waals surface area contributed by atoms with Gasteiger partial charge in [-0.2, -0.15) is 5.26 Å². The van der Waals surface area contributed by atoms with Crippen LogP contribution in [0.15, 0.2) is 24.3 Å². The lowest BCUT2D eigenvalue weighted by molar-refractivity contribution is -0.384. The first-order valence-corrected chi connectivity index (χ1v) is 5.95. The summed E-state index contributed by atoms with van der Waals surface area (Å²) in [5, 5.41) is 22.6. The summed E-state index contributed by atoms with van der Waals surface area (Å²) in [6.45, 7) is 4.01. The lowest BCUT2D eigenvalue weighted by Crippen LogP contribution is -2.30. The molecule has 0 aliphatic heterocycles. The number of hydrogen-bond acceptors (Lipinski definition) is 4. The molecule has 2 unspecified atom stereocenters. The number of nitrogens with one attached hydrogen (secondary N) is 1. The van der Waals surface area contributed by atoms with Crippen molar-refractivity contribution in [1.82, 2.24) is 5.32 Å². The predicted octanol–water partition coefficient (Wildman–Crippen LogP) is 2.94. The van der Waals surface area contributed by atoms with Crippen LogP contribution in [-0.2, 0) is 0 Å². The Hall–Kier alpha value is -1.93. The van der Waals surface area contributed by atoms with Crippen LogP contribution < -0.4 is 5.32 Å². The van der Waals surface area contributed by atoms with Gasteiger partial charge in [-0.05, 0) is 18.9 Å². The highest BCUT2D eigenvalue weighted by atomic mass is 16.6. The molecule has 0 heterocycles. The van der Waals surface area contributed by atoms with Crippen molar-refractivity contribution >= 4 is 5.69 Å². The zero-order chi connectivity index (χ0) is 13.5. The van der Waals surface area contributed by atoms with Gasteiger partial charge in [-0.15, -0.1) is 0 Å². The van der Waals surface area contributed by atoms with Crippen molar-refractivity contribution in [3.05, 3.63) is 39.9 Å². The first-order valence-electron chi connectivity index (χ1n) is 5.95. The minimum Gasteiger partial charge on any atom is -0.306 e. The number of nitro benzene ring substituents is 1. The molecule has 1 N–H and O–H groups in total. The van der Waals surface area contributed by atoms with Crippen molar-refractivity contribution in [2.75, 3.05) is 0 Å². The number of nitro groups is 1. The van der Waals surface area contributed by atoms with Crippen LogP contribution >= 0.6 is 0 Å². The Balaban J connectivity index is 2.69. The van der Waals surface area contributed by atoms with Crippen molar-refractivity contribution in [3.8, 4) is 6.07 Å². The van der Waals surface area contributed by atoms with E-state index in [4.69, 9.17) is 5.26 Å². The molecule has 96 valence electrons. The fraction of sp³-hybridized carbons (Fsp3) is 0.462. The standard InChI is InChI=1S/C13H17N3O2/c1-3-12(8-9-14)15-10(2)11-4-6-13(7-5-11)16(17)18/h4-7,10,12,15H,3,8H2,1-2H3. The highest BCUT2D eigenvalue weighted by Gasteiger charge is 2.12. The zero-order valence-corrected chi connectivity index (χ0v) is 10.6. The van der Waals surface area contributed by atoms with E-state index in [0.29, 0.717) is 6.42 Å². The summed E-state index contributed by atoms with van der Waals surface area (Å²) in [6, 6.07) is 8.86. The number of rotatable bonds is 6. The Kier molecular flexibility index (Phi) is 5.28. The lowest BCUT2D eigenvalue weighted by atomic mass is 10.1. The summed E-state index contributed by atoms with van der Waals surface area (Å²) >= 11 is 0. The second-order valence-electron chi connectivity index (χ2n) is 4.20. The van der Waals surface area contributed by atoms with Gasteiger partial charge in [0.1, 0.15) is 0 Å². The van der Waals surface area contributed by atoms with Crippen molar-refractivity contribution < 1.29 is 4.92 Å². The first-order chi connectivity index (χ1) is 8.58. The van der Waals surface area contributed by atoms with E-state index in [1.165, 1.54) is 12.1 Å². The molecule has 0 aliphatic rings. The summed E-state index contributed by atoms with van der Waals surface area (Å²) in [5.41, 5.74) is 1.08. The van der Waals surface area contributed by atoms with Gasteiger partial charge >= 0.3 is 0 Å². The van der Waals surface area contributed by atoms with Gasteiger partial charge in [-0.1, -0.05) is 19.1 Å². The normalized spacial score (nSPS) is 13.6. The van der Waals surface area contributed by atoms with Crippen molar-refractivity contribution in [2.45, 2.75) is 38.8 Å². The van der Waals surface area contributed by atoms with Crippen LogP contribution in [0.25, 0.3) is 0 Å². The van der Waals surface area contributed by atoms with Gasteiger partial charge in [0.15, 0.2) is 0 Å². The highest BCUT2D eigenvalue weighted by molar-refractivity contribution is 5.34. The van der Waals surface area contributed by atoms with Crippen LogP contribution in [0.4, 0.5) is 5.69 Å². The van der Waals surface area contributed by atoms with Crippen LogP contribution in [0.2, 0.25) is 0 Å². The molecule has 0 amide bonds. The molecule has 0 saturated heterocycles. The average Bonchev–Trinajstić information content (AvgIpc) is 2.38. The number of non-ortho nitro benzene ring substituents is 1. The monoisotopic (exact) mass is 247 g/mol. The quantitative estimate of drug-likeness (QED) is 0.619. The maximum atomic E-state index is 10.5. The molecular formula is C13H17N3O2. The van der Waals surface area contributed by atoms with Crippen molar-refractivity contribution in [3.63, 3.8) is 0 Å². The molecule has 0 aliphatic carbocycles. The van der Waals surface area contributed by atoms with E-state index in [9.17, 15) is 10.1 Å². The molecular weight excluding hydrogens is 230 g/mol. The molecule has 0 aromatic heterocycles. The second kappa shape index (κ2) is 6.72. The molecule has 2 atom stereocenters. The van der Waals surface area contributed by atoms with Gasteiger partial charge in [0.25, 0.3) is 5.69 Å². The molecule has 5 heteroatoms. The third kappa shape index (κ3) is 3.82. The fourth-order valence-corrected chi connectivity index (χ4v) is 1.77. The lowest BCUT2D eigenvalue weighted by Gasteiger charge is -2.20. The molecule has 1 aromatic carbocycles. The largest absolute Gasteiger partial charge is 0.306 e. The Morgan fingerprint density at radius 3 is 2.50 bits per heavy atom. The highest BCUT2D eigenvalue weighted by Crippen LogP contribution is 2.18. The average molecular weight is 247 g/mol. The van der Waals surface area contributed by atoms with E-state index in [1.54, 1.807) is 12.1 Å². The minimum atomic E-state index is -0.410. The van der Waals surface area contributed by atoms with Gasteiger partial charge in [-0.25, -0.2) is 0 Å². The van der Waals surface area contributed by atoms with E-state index >= 15 is 0 Å². The van der Waals surface area contributed by atoms with Gasteiger partial charge in [0, 0.05) is 24.2 Å². The first kappa shape index (κ1) is 14.1. The number of hydrogen-bond donors (Lipinski definition) is 1. The summed E-state index contributed by atoms with van der Waals surface area (Å²) in [7, 11) is 0. The van der Waals surface area contributed by atoms with E-state index in [0.717, 1.165) is 12.0 Å². The Morgan fingerprint density at radius 2 is 2.06 bits per heavy atom. The predicted molar refractivity (Wildman–Crippen MR) is 69.0 cm³/mol. The molecule has 5 nitrogen and oxygen atoms in total. The fourth-order valence-electron chi connectivity index (χ4n) is 1.77. The molecule has 1 rings (SSSR count). The zero-order valence-electron chi connectivity index (χ0n) is 10.6. The summed E-state index contributed by atoms with van der Waals surface area (Å²) in [5.74, 6) is 0. The van der Waals surface area contributed by atoms with Crippen LogP contribution in [0.3, 0.4) is 0 Å². The maximum Gasteiger partial charge on any atom is 0.269 e. The Labute approximate surface area is 107 Å². The molecule has 0 spiro atoms. The summed E-state index contributed by atoms with van der Waals surface area (Å²) in [6.07, 6.45) is 1.35. The smallest absolute Gasteiger partial charge is 0.269 e. The Bertz CT molecular complexity index is 437. The van der Waals surface area contributed by atoms with Gasteiger partial charge in [0.05, 0.1) is 17.4 Å². The topological polar surface area (TPSA) is 79.0 Å². The molecule has 0 bridgehead atoms. The van der Waals surface area contributed by atoms with Gasteiger partial charge < -0.3 is 5.32 Å². The SMILES string of the molecule is CCC(CC#N)NC(C)c1ccc([N+](=O)[O-])cc1. The van der Waals surface area contributed by atoms with Gasteiger partial charge in [0.2, 0.25) is 0 Å². The third-order valence-corrected chi connectivity index (χ3v) is 2.92. The maximum absolute atomic E-state index is 10.5. The number of nitrogens with zero attached hydrogens (tertiary/aromatic N) is 2. The second-order valence-corrected chi connectivity index (χ2v) is 4.20. The number of benzene rings is 1. The van der Waals surface area contributed by atoms with E-state index in [1.807, 2.05) is 13.8 Å². The van der Waals surface area contributed by atoms with E-state index < -0.39 is 4.92 Å². The van der Waals surface area contributed by atoms with E-state index in [2.05, 4.69) is 11.4 Å². The van der Waals surface area contributed by atoms with Crippen molar-refractivity contribution in [2.24, 2.45) is 0 Å². The van der Waals surface area contributed by atoms with Crippen LogP contribution in [0, 0.1) is 21.4 Å². The molecule has 1 aromatic rings. The summed E-state index contributed by atoms with van der Waals surface area (Å²) < 4.78 is 0. The summed E-state index contributed by atoms with van der Waals surface area (Å²) in [4.78, 5) is 10.1. The minimum absolute atomic E-state index is 0.0732. The van der Waals surface area contributed by atoms with E-state index in [-0.39, 0.29) is 17.8 Å². The molecule has 18 heavy (non-hydrogen) atoms. The van der Waals surface area contributed by atoms with Gasteiger partial charge in [-0.3, -0.25) is 10.1 Å². The Morgan fingerprint density at radius 1 is 1.44 bits per heavy atom. The van der Waals surface area contributed by atoms with Crippen LogP contribution in [0.5, 0.6) is 0 Å². The van der Waals surface area contributed by atoms with Crippen LogP contribution in [0.1, 0.15) is 38.3 Å². The van der Waals surface area contributed by atoms with Crippen molar-refractivity contribution in [1.29, 1.82) is 5.26 Å². The number of nitriles is 1. The molecule has 0 radical (unpaired) electrons. The molecule has 0 saturated carbocycles. The molecule has 0 fully saturated rings. The van der Waals surface area contributed by atoms with Crippen LogP contribution in [-0.4, -0.2) is 11.0 Å². The third-order valence-electron chi connectivity index (χ3n) is 2.92.